The fourth-order valence-corrected chi connectivity index (χ4v) is 5.36. The second-order valence-corrected chi connectivity index (χ2v) is 9.55. The number of piperidine rings is 1. The minimum Gasteiger partial charge on any atom is -0.326 e. The summed E-state index contributed by atoms with van der Waals surface area (Å²) in [5.74, 6) is -0.170. The van der Waals surface area contributed by atoms with Gasteiger partial charge in [0, 0.05) is 29.7 Å². The van der Waals surface area contributed by atoms with E-state index in [9.17, 15) is 13.2 Å². The van der Waals surface area contributed by atoms with Crippen LogP contribution in [0.4, 0.5) is 5.69 Å². The standard InChI is InChI=1S/C21H25ClN2O3S/c1-15-6-5-8-20(16(15)2)23-21(25)14-18-7-3-4-13-24(18)28(26,27)19-11-9-17(22)10-12-19/h5-6,8-12,18H,3-4,7,13-14H2,1-2H3,(H,23,25)/t18-/m1/s1. The van der Waals surface area contributed by atoms with Gasteiger partial charge in [0.2, 0.25) is 15.9 Å². The fraction of sp³-hybridized carbons (Fsp3) is 0.381. The molecule has 7 heteroatoms. The molecule has 0 aromatic heterocycles. The van der Waals surface area contributed by atoms with Crippen LogP contribution in [-0.2, 0) is 14.8 Å². The Morgan fingerprint density at radius 2 is 1.86 bits per heavy atom. The van der Waals surface area contributed by atoms with E-state index in [1.54, 1.807) is 12.1 Å². The lowest BCUT2D eigenvalue weighted by atomic mass is 10.0. The second-order valence-electron chi connectivity index (χ2n) is 7.22. The van der Waals surface area contributed by atoms with Crippen LogP contribution in [0.3, 0.4) is 0 Å². The van der Waals surface area contributed by atoms with Gasteiger partial charge in [-0.25, -0.2) is 8.42 Å². The van der Waals surface area contributed by atoms with Gasteiger partial charge in [0.1, 0.15) is 0 Å². The van der Waals surface area contributed by atoms with Gasteiger partial charge < -0.3 is 5.32 Å². The molecular formula is C21H25ClN2O3S. The fourth-order valence-electron chi connectivity index (χ4n) is 3.54. The summed E-state index contributed by atoms with van der Waals surface area (Å²) >= 11 is 5.88. The zero-order valence-corrected chi connectivity index (χ0v) is 17.7. The second kappa shape index (κ2) is 8.64. The number of nitrogens with zero attached hydrogens (tertiary/aromatic N) is 1. The van der Waals surface area contributed by atoms with E-state index in [4.69, 9.17) is 11.6 Å². The van der Waals surface area contributed by atoms with Gasteiger partial charge >= 0.3 is 0 Å². The van der Waals surface area contributed by atoms with Crippen LogP contribution in [0.5, 0.6) is 0 Å². The molecular weight excluding hydrogens is 396 g/mol. The van der Waals surface area contributed by atoms with E-state index in [2.05, 4.69) is 5.32 Å². The van der Waals surface area contributed by atoms with E-state index in [-0.39, 0.29) is 23.3 Å². The van der Waals surface area contributed by atoms with E-state index in [1.807, 2.05) is 32.0 Å². The average Bonchev–Trinajstić information content (AvgIpc) is 2.66. The number of halogens is 1. The van der Waals surface area contributed by atoms with Crippen LogP contribution in [0.1, 0.15) is 36.8 Å². The maximum atomic E-state index is 13.1. The summed E-state index contributed by atoms with van der Waals surface area (Å²) in [7, 11) is -3.67. The summed E-state index contributed by atoms with van der Waals surface area (Å²) in [6.07, 6.45) is 2.52. The molecule has 1 aliphatic rings. The zero-order chi connectivity index (χ0) is 20.3. The molecule has 0 spiro atoms. The van der Waals surface area contributed by atoms with E-state index in [1.165, 1.54) is 16.4 Å². The van der Waals surface area contributed by atoms with Crippen LogP contribution in [0, 0.1) is 13.8 Å². The average molecular weight is 421 g/mol. The summed E-state index contributed by atoms with van der Waals surface area (Å²) in [6, 6.07) is 11.6. The largest absolute Gasteiger partial charge is 0.326 e. The summed E-state index contributed by atoms with van der Waals surface area (Å²) in [6.45, 7) is 4.38. The lowest BCUT2D eigenvalue weighted by molar-refractivity contribution is -0.117. The minimum atomic E-state index is -3.67. The van der Waals surface area contributed by atoms with Crippen LogP contribution >= 0.6 is 11.6 Å². The van der Waals surface area contributed by atoms with E-state index in [0.29, 0.717) is 18.0 Å². The van der Waals surface area contributed by atoms with E-state index >= 15 is 0 Å². The van der Waals surface area contributed by atoms with Crippen molar-refractivity contribution in [3.63, 3.8) is 0 Å². The van der Waals surface area contributed by atoms with Crippen molar-refractivity contribution in [2.24, 2.45) is 0 Å². The highest BCUT2D eigenvalue weighted by molar-refractivity contribution is 7.89. The van der Waals surface area contributed by atoms with Crippen LogP contribution in [-0.4, -0.2) is 31.2 Å². The molecule has 1 heterocycles. The number of aryl methyl sites for hydroxylation is 1. The molecule has 0 radical (unpaired) electrons. The lowest BCUT2D eigenvalue weighted by Crippen LogP contribution is -2.45. The maximum absolute atomic E-state index is 13.1. The first-order chi connectivity index (χ1) is 13.3. The van der Waals surface area contributed by atoms with Gasteiger partial charge in [-0.15, -0.1) is 0 Å². The van der Waals surface area contributed by atoms with Gasteiger partial charge in [0.25, 0.3) is 0 Å². The molecule has 1 amide bonds. The number of anilines is 1. The van der Waals surface area contributed by atoms with Crippen LogP contribution in [0.15, 0.2) is 47.4 Å². The Morgan fingerprint density at radius 3 is 2.57 bits per heavy atom. The first-order valence-electron chi connectivity index (χ1n) is 9.42. The summed E-state index contributed by atoms with van der Waals surface area (Å²) in [5, 5.41) is 3.43. The number of rotatable bonds is 5. The molecule has 150 valence electrons. The van der Waals surface area contributed by atoms with E-state index in [0.717, 1.165) is 29.7 Å². The third-order valence-corrected chi connectivity index (χ3v) is 7.51. The first kappa shape index (κ1) is 20.8. The molecule has 0 unspecified atom stereocenters. The normalized spacial score (nSPS) is 18.0. The van der Waals surface area contributed by atoms with Gasteiger partial charge in [-0.1, -0.05) is 30.2 Å². The summed E-state index contributed by atoms with van der Waals surface area (Å²) < 4.78 is 27.7. The Hall–Kier alpha value is -1.89. The Bertz CT molecular complexity index is 958. The Morgan fingerprint density at radius 1 is 1.14 bits per heavy atom. The molecule has 1 saturated heterocycles. The van der Waals surface area contributed by atoms with Crippen molar-refractivity contribution in [2.75, 3.05) is 11.9 Å². The van der Waals surface area contributed by atoms with Crippen molar-refractivity contribution >= 4 is 33.2 Å². The number of nitrogens with one attached hydrogen (secondary N) is 1. The third-order valence-electron chi connectivity index (χ3n) is 5.29. The molecule has 1 aliphatic heterocycles. The van der Waals surface area contributed by atoms with Crippen molar-refractivity contribution in [3.8, 4) is 0 Å². The topological polar surface area (TPSA) is 66.5 Å². The number of amides is 1. The van der Waals surface area contributed by atoms with Crippen molar-refractivity contribution in [1.29, 1.82) is 0 Å². The minimum absolute atomic E-state index is 0.139. The number of benzene rings is 2. The molecule has 28 heavy (non-hydrogen) atoms. The molecule has 0 bridgehead atoms. The summed E-state index contributed by atoms with van der Waals surface area (Å²) in [4.78, 5) is 12.9. The molecule has 1 fully saturated rings. The Labute approximate surface area is 171 Å². The highest BCUT2D eigenvalue weighted by Gasteiger charge is 2.34. The first-order valence-corrected chi connectivity index (χ1v) is 11.2. The van der Waals surface area contributed by atoms with E-state index < -0.39 is 10.0 Å². The number of hydrogen-bond donors (Lipinski definition) is 1. The number of hydrogen-bond acceptors (Lipinski definition) is 3. The molecule has 1 atom stereocenters. The predicted octanol–water partition coefficient (Wildman–Crippen LogP) is 4.53. The Kier molecular flexibility index (Phi) is 6.43. The van der Waals surface area contributed by atoms with Crippen molar-refractivity contribution in [2.45, 2.75) is 50.5 Å². The Balaban J connectivity index is 1.77. The summed E-state index contributed by atoms with van der Waals surface area (Å²) in [5.41, 5.74) is 2.89. The van der Waals surface area contributed by atoms with Gasteiger partial charge in [-0.2, -0.15) is 4.31 Å². The molecule has 1 N–H and O–H groups in total. The van der Waals surface area contributed by atoms with Crippen LogP contribution in [0.2, 0.25) is 5.02 Å². The van der Waals surface area contributed by atoms with Crippen molar-refractivity contribution < 1.29 is 13.2 Å². The quantitative estimate of drug-likeness (QED) is 0.772. The predicted molar refractivity (Wildman–Crippen MR) is 112 cm³/mol. The van der Waals surface area contributed by atoms with Gasteiger partial charge in [0.15, 0.2) is 0 Å². The molecule has 2 aromatic carbocycles. The van der Waals surface area contributed by atoms with Crippen LogP contribution in [0.25, 0.3) is 0 Å². The van der Waals surface area contributed by atoms with Gasteiger partial charge in [-0.05, 0) is 68.1 Å². The molecule has 0 saturated carbocycles. The molecule has 2 aromatic rings. The molecule has 5 nitrogen and oxygen atoms in total. The highest BCUT2D eigenvalue weighted by atomic mass is 35.5. The van der Waals surface area contributed by atoms with Crippen molar-refractivity contribution in [3.05, 3.63) is 58.6 Å². The number of carbonyl (C=O) groups excluding carboxylic acids is 1. The maximum Gasteiger partial charge on any atom is 0.243 e. The highest BCUT2D eigenvalue weighted by Crippen LogP contribution is 2.28. The zero-order valence-electron chi connectivity index (χ0n) is 16.1. The monoisotopic (exact) mass is 420 g/mol. The smallest absolute Gasteiger partial charge is 0.243 e. The SMILES string of the molecule is Cc1cccc(NC(=O)C[C@H]2CCCCN2S(=O)(=O)c2ccc(Cl)cc2)c1C. The third kappa shape index (κ3) is 4.57. The van der Waals surface area contributed by atoms with Crippen LogP contribution < -0.4 is 5.32 Å². The molecule has 0 aliphatic carbocycles. The van der Waals surface area contributed by atoms with Gasteiger partial charge in [-0.3, -0.25) is 4.79 Å². The number of carbonyl (C=O) groups is 1. The number of sulfonamides is 1. The van der Waals surface area contributed by atoms with Crippen molar-refractivity contribution in [1.82, 2.24) is 4.31 Å². The molecule has 3 rings (SSSR count). The lowest BCUT2D eigenvalue weighted by Gasteiger charge is -2.34. The van der Waals surface area contributed by atoms with Gasteiger partial charge in [0.05, 0.1) is 4.90 Å².